The van der Waals surface area contributed by atoms with E-state index in [0.717, 1.165) is 24.0 Å². The van der Waals surface area contributed by atoms with Gasteiger partial charge in [-0.2, -0.15) is 0 Å². The zero-order chi connectivity index (χ0) is 13.0. The van der Waals surface area contributed by atoms with E-state index in [1.807, 2.05) is 0 Å². The normalized spacial score (nSPS) is 11.6. The minimum absolute atomic E-state index is 1.12. The van der Waals surface area contributed by atoms with Gasteiger partial charge in [-0.1, -0.05) is 35.8 Å². The summed E-state index contributed by atoms with van der Waals surface area (Å²) in [6.45, 7) is 7.97. The van der Waals surface area contributed by atoms with Crippen LogP contribution in [0.3, 0.4) is 0 Å². The van der Waals surface area contributed by atoms with Gasteiger partial charge in [-0.3, -0.25) is 0 Å². The summed E-state index contributed by atoms with van der Waals surface area (Å²) in [5.41, 5.74) is 2.64. The Labute approximate surface area is 118 Å². The number of likely N-dealkylation sites (N-methyl/N-ethyl adjacent to an activating group) is 1. The molecule has 98 valence electrons. The number of nitrogens with zero attached hydrogens (tertiary/aromatic N) is 1. The highest BCUT2D eigenvalue weighted by atomic mass is 79.9. The monoisotopic (exact) mass is 308 g/mol. The van der Waals surface area contributed by atoms with Crippen LogP contribution in [0.25, 0.3) is 10.9 Å². The number of rotatable bonds is 6. The summed E-state index contributed by atoms with van der Waals surface area (Å²) >= 11 is 3.51. The van der Waals surface area contributed by atoms with Crippen LogP contribution in [0.15, 0.2) is 28.9 Å². The van der Waals surface area contributed by atoms with Crippen molar-refractivity contribution in [2.75, 3.05) is 19.6 Å². The third-order valence-corrected chi connectivity index (χ3v) is 3.91. The number of nitrogens with one attached hydrogen (secondary N) is 1. The van der Waals surface area contributed by atoms with Gasteiger partial charge in [0.2, 0.25) is 0 Å². The first-order chi connectivity index (χ1) is 8.74. The minimum Gasteiger partial charge on any atom is -0.361 e. The molecule has 0 radical (unpaired) electrons. The molecule has 0 atom stereocenters. The van der Waals surface area contributed by atoms with Gasteiger partial charge < -0.3 is 9.88 Å². The van der Waals surface area contributed by atoms with E-state index in [9.17, 15) is 0 Å². The molecule has 0 amide bonds. The van der Waals surface area contributed by atoms with Gasteiger partial charge in [0.15, 0.2) is 0 Å². The fraction of sp³-hybridized carbons (Fsp3) is 0.467. The number of aromatic nitrogens is 1. The smallest absolute Gasteiger partial charge is 0.0468 e. The number of hydrogen-bond acceptors (Lipinski definition) is 1. The van der Waals surface area contributed by atoms with Crippen LogP contribution in [-0.2, 0) is 6.42 Å². The average molecular weight is 309 g/mol. The second-order valence-corrected chi connectivity index (χ2v) is 5.60. The van der Waals surface area contributed by atoms with E-state index in [1.54, 1.807) is 0 Å². The number of fused-ring (bicyclic) bond motifs is 1. The summed E-state index contributed by atoms with van der Waals surface area (Å²) in [7, 11) is 0. The Morgan fingerprint density at radius 1 is 1.22 bits per heavy atom. The van der Waals surface area contributed by atoms with E-state index in [-0.39, 0.29) is 0 Å². The van der Waals surface area contributed by atoms with E-state index in [2.05, 4.69) is 64.1 Å². The van der Waals surface area contributed by atoms with Crippen molar-refractivity contribution < 1.29 is 0 Å². The first kappa shape index (κ1) is 13.6. The topological polar surface area (TPSA) is 19.0 Å². The number of hydrogen-bond donors (Lipinski definition) is 1. The van der Waals surface area contributed by atoms with Crippen LogP contribution in [0, 0.1) is 0 Å². The van der Waals surface area contributed by atoms with Gasteiger partial charge in [0.05, 0.1) is 0 Å². The lowest BCUT2D eigenvalue weighted by molar-refractivity contribution is 0.293. The lowest BCUT2D eigenvalue weighted by Crippen LogP contribution is -2.26. The quantitative estimate of drug-likeness (QED) is 0.847. The highest BCUT2D eigenvalue weighted by Gasteiger charge is 2.06. The second-order valence-electron chi connectivity index (χ2n) is 4.69. The van der Waals surface area contributed by atoms with Crippen molar-refractivity contribution in [3.63, 3.8) is 0 Å². The Hall–Kier alpha value is -0.800. The maximum absolute atomic E-state index is 3.51. The number of benzene rings is 1. The summed E-state index contributed by atoms with van der Waals surface area (Å²) in [5.74, 6) is 0. The molecule has 3 heteroatoms. The Kier molecular flexibility index (Phi) is 4.84. The van der Waals surface area contributed by atoms with Crippen LogP contribution in [0.5, 0.6) is 0 Å². The van der Waals surface area contributed by atoms with Crippen LogP contribution >= 0.6 is 15.9 Å². The summed E-state index contributed by atoms with van der Waals surface area (Å²) in [4.78, 5) is 5.87. The summed E-state index contributed by atoms with van der Waals surface area (Å²) in [6.07, 6.45) is 4.50. The molecule has 1 N–H and O–H groups in total. The average Bonchev–Trinajstić information content (AvgIpc) is 2.76. The second kappa shape index (κ2) is 6.39. The molecule has 1 aromatic heterocycles. The lowest BCUT2D eigenvalue weighted by Gasteiger charge is -2.18. The summed E-state index contributed by atoms with van der Waals surface area (Å²) in [5, 5.41) is 1.35. The Balaban J connectivity index is 2.07. The molecular weight excluding hydrogens is 288 g/mol. The molecule has 2 aromatic rings. The van der Waals surface area contributed by atoms with E-state index >= 15 is 0 Å². The van der Waals surface area contributed by atoms with Crippen molar-refractivity contribution in [3.05, 3.63) is 34.4 Å². The molecule has 0 spiro atoms. The maximum atomic E-state index is 3.51. The molecule has 2 nitrogen and oxygen atoms in total. The maximum Gasteiger partial charge on any atom is 0.0468 e. The van der Waals surface area contributed by atoms with E-state index in [1.165, 1.54) is 29.4 Å². The van der Waals surface area contributed by atoms with Crippen LogP contribution in [0.4, 0.5) is 0 Å². The Bertz CT molecular complexity index is 504. The molecule has 0 bridgehead atoms. The first-order valence-electron chi connectivity index (χ1n) is 6.72. The van der Waals surface area contributed by atoms with Crippen molar-refractivity contribution in [2.45, 2.75) is 26.7 Å². The molecule has 0 aliphatic carbocycles. The van der Waals surface area contributed by atoms with Crippen molar-refractivity contribution >= 4 is 26.8 Å². The van der Waals surface area contributed by atoms with Gasteiger partial charge in [-0.05, 0) is 43.6 Å². The zero-order valence-corrected chi connectivity index (χ0v) is 12.8. The number of halogens is 1. The molecule has 0 fully saturated rings. The molecule has 18 heavy (non-hydrogen) atoms. The lowest BCUT2D eigenvalue weighted by atomic mass is 10.1. The molecule has 1 heterocycles. The number of aromatic amines is 1. The Morgan fingerprint density at radius 2 is 2.06 bits per heavy atom. The van der Waals surface area contributed by atoms with Crippen molar-refractivity contribution in [3.8, 4) is 0 Å². The molecule has 0 aliphatic rings. The predicted molar refractivity (Wildman–Crippen MR) is 82.1 cm³/mol. The third kappa shape index (κ3) is 3.15. The summed E-state index contributed by atoms with van der Waals surface area (Å²) < 4.78 is 1.13. The highest BCUT2D eigenvalue weighted by molar-refractivity contribution is 9.10. The SMILES string of the molecule is CCCN(CC)CCc1c[nH]c2cc(Br)ccc12. The largest absolute Gasteiger partial charge is 0.361 e. The standard InChI is InChI=1S/C15H21BrN2/c1-3-8-18(4-2)9-7-12-11-17-15-10-13(16)5-6-14(12)15/h5-6,10-11,17H,3-4,7-9H2,1-2H3. The van der Waals surface area contributed by atoms with Gasteiger partial charge in [0.1, 0.15) is 0 Å². The molecule has 2 rings (SSSR count). The van der Waals surface area contributed by atoms with Crippen LogP contribution in [0.2, 0.25) is 0 Å². The van der Waals surface area contributed by atoms with Crippen molar-refractivity contribution in [1.82, 2.24) is 9.88 Å². The van der Waals surface area contributed by atoms with E-state index < -0.39 is 0 Å². The molecular formula is C15H21BrN2. The fourth-order valence-electron chi connectivity index (χ4n) is 2.39. The van der Waals surface area contributed by atoms with Gasteiger partial charge in [-0.25, -0.2) is 0 Å². The zero-order valence-electron chi connectivity index (χ0n) is 11.2. The van der Waals surface area contributed by atoms with Gasteiger partial charge in [0.25, 0.3) is 0 Å². The molecule has 0 saturated heterocycles. The molecule has 0 saturated carbocycles. The molecule has 0 unspecified atom stereocenters. The van der Waals surface area contributed by atoms with Crippen LogP contribution < -0.4 is 0 Å². The van der Waals surface area contributed by atoms with Crippen molar-refractivity contribution in [1.29, 1.82) is 0 Å². The molecule has 0 aliphatic heterocycles. The summed E-state index contributed by atoms with van der Waals surface area (Å²) in [6, 6.07) is 6.45. The minimum atomic E-state index is 1.12. The van der Waals surface area contributed by atoms with E-state index in [0.29, 0.717) is 0 Å². The number of H-pyrrole nitrogens is 1. The predicted octanol–water partition coefficient (Wildman–Crippen LogP) is 4.20. The first-order valence-corrected chi connectivity index (χ1v) is 7.51. The highest BCUT2D eigenvalue weighted by Crippen LogP contribution is 2.22. The Morgan fingerprint density at radius 3 is 2.78 bits per heavy atom. The fourth-order valence-corrected chi connectivity index (χ4v) is 2.75. The van der Waals surface area contributed by atoms with Gasteiger partial charge in [0, 0.05) is 28.1 Å². The third-order valence-electron chi connectivity index (χ3n) is 3.41. The molecule has 1 aromatic carbocycles. The van der Waals surface area contributed by atoms with Gasteiger partial charge in [-0.15, -0.1) is 0 Å². The van der Waals surface area contributed by atoms with Crippen LogP contribution in [-0.4, -0.2) is 29.5 Å². The van der Waals surface area contributed by atoms with E-state index in [4.69, 9.17) is 0 Å². The van der Waals surface area contributed by atoms with Crippen LogP contribution in [0.1, 0.15) is 25.8 Å². The van der Waals surface area contributed by atoms with Crippen molar-refractivity contribution in [2.24, 2.45) is 0 Å². The van der Waals surface area contributed by atoms with Gasteiger partial charge >= 0.3 is 0 Å².